The van der Waals surface area contributed by atoms with Gasteiger partial charge >= 0.3 is 0 Å². The maximum atomic E-state index is 13.1. The van der Waals surface area contributed by atoms with Gasteiger partial charge in [-0.2, -0.15) is 0 Å². The first-order valence-electron chi connectivity index (χ1n) is 5.97. The molecular formula is C13H17FN2O2. The Morgan fingerprint density at radius 1 is 1.44 bits per heavy atom. The van der Waals surface area contributed by atoms with Crippen LogP contribution in [0, 0.1) is 5.82 Å². The second-order valence-electron chi connectivity index (χ2n) is 4.04. The zero-order valence-electron chi connectivity index (χ0n) is 10.3. The van der Waals surface area contributed by atoms with Crippen LogP contribution >= 0.6 is 0 Å². The maximum absolute atomic E-state index is 13.1. The van der Waals surface area contributed by atoms with Crippen molar-refractivity contribution in [2.75, 3.05) is 13.2 Å². The molecule has 1 aromatic carbocycles. The molecule has 2 rings (SSSR count). The number of furan rings is 1. The summed E-state index contributed by atoms with van der Waals surface area (Å²) in [7, 11) is 0. The number of hydrogen-bond acceptors (Lipinski definition) is 4. The number of ether oxygens (including phenoxy) is 1. The van der Waals surface area contributed by atoms with Crippen molar-refractivity contribution in [3.05, 3.63) is 35.8 Å². The quantitative estimate of drug-likeness (QED) is 0.471. The molecule has 0 spiro atoms. The molecule has 1 heterocycles. The number of nitrogens with one attached hydrogen (secondary N) is 1. The molecule has 18 heavy (non-hydrogen) atoms. The second kappa shape index (κ2) is 5.95. The summed E-state index contributed by atoms with van der Waals surface area (Å²) in [6.45, 7) is 3.20. The van der Waals surface area contributed by atoms with E-state index < -0.39 is 0 Å². The van der Waals surface area contributed by atoms with Crippen molar-refractivity contribution in [1.82, 2.24) is 5.43 Å². The Kier molecular flexibility index (Phi) is 4.30. The lowest BCUT2D eigenvalue weighted by Crippen LogP contribution is -2.28. The highest BCUT2D eigenvalue weighted by atomic mass is 19.1. The predicted octanol–water partition coefficient (Wildman–Crippen LogP) is 2.50. The Morgan fingerprint density at radius 3 is 3.00 bits per heavy atom. The Bertz CT molecular complexity index is 513. The van der Waals surface area contributed by atoms with Gasteiger partial charge in [0.15, 0.2) is 0 Å². The van der Waals surface area contributed by atoms with Gasteiger partial charge in [0.2, 0.25) is 0 Å². The first-order chi connectivity index (χ1) is 8.74. The third-order valence-corrected chi connectivity index (χ3v) is 2.80. The first kappa shape index (κ1) is 13.0. The third-order valence-electron chi connectivity index (χ3n) is 2.80. The van der Waals surface area contributed by atoms with E-state index in [-0.39, 0.29) is 11.9 Å². The van der Waals surface area contributed by atoms with Crippen molar-refractivity contribution < 1.29 is 13.5 Å². The number of nitrogens with two attached hydrogens (primary N) is 1. The van der Waals surface area contributed by atoms with Crippen LogP contribution in [0.5, 0.6) is 0 Å². The standard InChI is InChI=1S/C13H17FN2O2/c1-2-17-6-5-11(16-15)13-8-9-7-10(14)3-4-12(9)18-13/h3-4,7-8,11,16H,2,5-6,15H2,1H3. The van der Waals surface area contributed by atoms with Crippen LogP contribution in [0.4, 0.5) is 4.39 Å². The average Bonchev–Trinajstić information content (AvgIpc) is 2.77. The van der Waals surface area contributed by atoms with Crippen molar-refractivity contribution in [2.24, 2.45) is 5.84 Å². The number of halogens is 1. The van der Waals surface area contributed by atoms with Crippen molar-refractivity contribution in [1.29, 1.82) is 0 Å². The van der Waals surface area contributed by atoms with E-state index in [0.717, 1.165) is 5.39 Å². The van der Waals surface area contributed by atoms with Gasteiger partial charge in [0, 0.05) is 18.6 Å². The minimum atomic E-state index is -0.276. The minimum Gasteiger partial charge on any atom is -0.459 e. The van der Waals surface area contributed by atoms with Crippen LogP contribution < -0.4 is 11.3 Å². The van der Waals surface area contributed by atoms with Gasteiger partial charge in [0.1, 0.15) is 17.2 Å². The molecule has 0 bridgehead atoms. The molecule has 0 amide bonds. The molecule has 0 radical (unpaired) electrons. The smallest absolute Gasteiger partial charge is 0.134 e. The van der Waals surface area contributed by atoms with Gasteiger partial charge in [-0.15, -0.1) is 0 Å². The largest absolute Gasteiger partial charge is 0.459 e. The molecule has 3 N–H and O–H groups in total. The Balaban J connectivity index is 2.17. The van der Waals surface area contributed by atoms with Crippen LogP contribution in [-0.4, -0.2) is 13.2 Å². The molecule has 0 aliphatic heterocycles. The van der Waals surface area contributed by atoms with E-state index >= 15 is 0 Å². The average molecular weight is 252 g/mol. The Morgan fingerprint density at radius 2 is 2.28 bits per heavy atom. The highest BCUT2D eigenvalue weighted by Gasteiger charge is 2.15. The molecule has 5 heteroatoms. The number of benzene rings is 1. The van der Waals surface area contributed by atoms with E-state index in [9.17, 15) is 4.39 Å². The summed E-state index contributed by atoms with van der Waals surface area (Å²) in [5, 5.41) is 0.738. The summed E-state index contributed by atoms with van der Waals surface area (Å²) in [6.07, 6.45) is 0.701. The van der Waals surface area contributed by atoms with E-state index in [2.05, 4.69) is 5.43 Å². The molecule has 1 unspecified atom stereocenters. The summed E-state index contributed by atoms with van der Waals surface area (Å²) >= 11 is 0. The maximum Gasteiger partial charge on any atom is 0.134 e. The van der Waals surface area contributed by atoms with Gasteiger partial charge in [-0.1, -0.05) is 0 Å². The van der Waals surface area contributed by atoms with Gasteiger partial charge in [-0.05, 0) is 37.6 Å². The molecule has 1 atom stereocenters. The molecule has 2 aromatic rings. The molecule has 0 saturated heterocycles. The predicted molar refractivity (Wildman–Crippen MR) is 67.3 cm³/mol. The molecule has 0 aliphatic carbocycles. The van der Waals surface area contributed by atoms with Crippen LogP contribution in [0.3, 0.4) is 0 Å². The summed E-state index contributed by atoms with van der Waals surface area (Å²) in [6, 6.07) is 6.10. The topological polar surface area (TPSA) is 60.4 Å². The third kappa shape index (κ3) is 2.87. The molecule has 0 fully saturated rings. The van der Waals surface area contributed by atoms with Crippen molar-refractivity contribution in [2.45, 2.75) is 19.4 Å². The Hall–Kier alpha value is -1.43. The lowest BCUT2D eigenvalue weighted by atomic mass is 10.1. The van der Waals surface area contributed by atoms with E-state index in [0.29, 0.717) is 31.0 Å². The van der Waals surface area contributed by atoms with Crippen LogP contribution in [-0.2, 0) is 4.74 Å². The van der Waals surface area contributed by atoms with Crippen LogP contribution in [0.2, 0.25) is 0 Å². The van der Waals surface area contributed by atoms with Gasteiger partial charge in [-0.3, -0.25) is 5.84 Å². The van der Waals surface area contributed by atoms with E-state index in [1.54, 1.807) is 12.1 Å². The van der Waals surface area contributed by atoms with Gasteiger partial charge in [-0.25, -0.2) is 9.82 Å². The fourth-order valence-electron chi connectivity index (χ4n) is 1.86. The second-order valence-corrected chi connectivity index (χ2v) is 4.04. The van der Waals surface area contributed by atoms with E-state index in [1.807, 2.05) is 6.92 Å². The highest BCUT2D eigenvalue weighted by molar-refractivity contribution is 5.78. The molecule has 0 aliphatic rings. The van der Waals surface area contributed by atoms with Crippen LogP contribution in [0.15, 0.2) is 28.7 Å². The first-order valence-corrected chi connectivity index (χ1v) is 5.97. The van der Waals surface area contributed by atoms with Crippen molar-refractivity contribution in [3.63, 3.8) is 0 Å². The summed E-state index contributed by atoms with van der Waals surface area (Å²) in [4.78, 5) is 0. The lowest BCUT2D eigenvalue weighted by Gasteiger charge is -2.12. The minimum absolute atomic E-state index is 0.132. The molecule has 0 saturated carbocycles. The molecule has 98 valence electrons. The van der Waals surface area contributed by atoms with E-state index in [1.165, 1.54) is 12.1 Å². The zero-order valence-corrected chi connectivity index (χ0v) is 10.3. The number of rotatable bonds is 6. The normalized spacial score (nSPS) is 13.1. The highest BCUT2D eigenvalue weighted by Crippen LogP contribution is 2.25. The Labute approximate surface area is 105 Å². The van der Waals surface area contributed by atoms with Crippen molar-refractivity contribution >= 4 is 11.0 Å². The van der Waals surface area contributed by atoms with Crippen LogP contribution in [0.1, 0.15) is 25.1 Å². The van der Waals surface area contributed by atoms with Gasteiger partial charge in [0.25, 0.3) is 0 Å². The number of hydrogen-bond donors (Lipinski definition) is 2. The van der Waals surface area contributed by atoms with Gasteiger partial charge < -0.3 is 9.15 Å². The van der Waals surface area contributed by atoms with Gasteiger partial charge in [0.05, 0.1) is 6.04 Å². The fraction of sp³-hybridized carbons (Fsp3) is 0.385. The van der Waals surface area contributed by atoms with Crippen LogP contribution in [0.25, 0.3) is 11.0 Å². The monoisotopic (exact) mass is 252 g/mol. The number of fused-ring (bicyclic) bond motifs is 1. The fourth-order valence-corrected chi connectivity index (χ4v) is 1.86. The number of hydrazine groups is 1. The van der Waals surface area contributed by atoms with E-state index in [4.69, 9.17) is 15.0 Å². The lowest BCUT2D eigenvalue weighted by molar-refractivity contribution is 0.134. The summed E-state index contributed by atoms with van der Waals surface area (Å²) in [5.74, 6) is 5.92. The van der Waals surface area contributed by atoms with Crippen molar-refractivity contribution in [3.8, 4) is 0 Å². The summed E-state index contributed by atoms with van der Waals surface area (Å²) < 4.78 is 24.0. The molecule has 1 aromatic heterocycles. The zero-order chi connectivity index (χ0) is 13.0. The molecular weight excluding hydrogens is 235 g/mol. The summed E-state index contributed by atoms with van der Waals surface area (Å²) in [5.41, 5.74) is 3.34. The SMILES string of the molecule is CCOCCC(NN)c1cc2cc(F)ccc2o1. The molecule has 4 nitrogen and oxygen atoms in total.